The summed E-state index contributed by atoms with van der Waals surface area (Å²) in [5.74, 6) is 0.0507. The molecule has 1 aromatic rings. The second-order valence-corrected chi connectivity index (χ2v) is 5.29. The van der Waals surface area contributed by atoms with Crippen LogP contribution in [0.1, 0.15) is 57.1 Å². The highest BCUT2D eigenvalue weighted by atomic mass is 16.2. The summed E-state index contributed by atoms with van der Waals surface area (Å²) in [5.41, 5.74) is 7.94. The van der Waals surface area contributed by atoms with Crippen LogP contribution < -0.4 is 10.6 Å². The largest absolute Gasteiger partial charge is 0.316 e. The molecule has 1 heterocycles. The molecule has 0 aliphatic carbocycles. The van der Waals surface area contributed by atoms with Crippen molar-refractivity contribution in [2.24, 2.45) is 5.73 Å². The van der Waals surface area contributed by atoms with Gasteiger partial charge in [0.25, 0.3) is 0 Å². The van der Waals surface area contributed by atoms with Crippen LogP contribution in [0.4, 0.5) is 5.69 Å². The minimum absolute atomic E-state index is 0.0507. The van der Waals surface area contributed by atoms with Crippen molar-refractivity contribution in [2.45, 2.75) is 51.5 Å². The van der Waals surface area contributed by atoms with E-state index in [2.05, 4.69) is 6.92 Å². The zero-order valence-corrected chi connectivity index (χ0v) is 11.8. The Morgan fingerprint density at radius 3 is 2.58 bits per heavy atom. The Labute approximate surface area is 115 Å². The van der Waals surface area contributed by atoms with Crippen LogP contribution in [0, 0.1) is 0 Å². The first-order chi connectivity index (χ1) is 9.25. The van der Waals surface area contributed by atoms with Gasteiger partial charge in [-0.1, -0.05) is 57.2 Å². The van der Waals surface area contributed by atoms with Gasteiger partial charge in [0.2, 0.25) is 5.91 Å². The van der Waals surface area contributed by atoms with Crippen LogP contribution in [-0.2, 0) is 4.79 Å². The summed E-state index contributed by atoms with van der Waals surface area (Å²) in [5, 5.41) is 0. The molecule has 1 atom stereocenters. The van der Waals surface area contributed by atoms with Crippen molar-refractivity contribution in [2.75, 3.05) is 11.4 Å². The van der Waals surface area contributed by atoms with E-state index in [1.165, 1.54) is 32.1 Å². The molecule has 0 spiro atoms. The Kier molecular flexibility index (Phi) is 4.97. The van der Waals surface area contributed by atoms with Gasteiger partial charge in [-0.05, 0) is 12.5 Å². The summed E-state index contributed by atoms with van der Waals surface area (Å²) in [7, 11) is 0. The minimum atomic E-state index is -0.462. The highest BCUT2D eigenvalue weighted by Crippen LogP contribution is 2.34. The van der Waals surface area contributed by atoms with Crippen molar-refractivity contribution in [3.8, 4) is 0 Å². The van der Waals surface area contributed by atoms with Crippen LogP contribution in [-0.4, -0.2) is 12.5 Å². The van der Waals surface area contributed by atoms with E-state index in [4.69, 9.17) is 5.73 Å². The van der Waals surface area contributed by atoms with Crippen molar-refractivity contribution in [1.29, 1.82) is 0 Å². The fourth-order valence-electron chi connectivity index (χ4n) is 2.70. The number of nitrogens with zero attached hydrogens (tertiary/aromatic N) is 1. The van der Waals surface area contributed by atoms with Gasteiger partial charge in [0.05, 0.1) is 0 Å². The highest BCUT2D eigenvalue weighted by Gasteiger charge is 2.33. The van der Waals surface area contributed by atoms with Crippen LogP contribution >= 0.6 is 0 Å². The quantitative estimate of drug-likeness (QED) is 0.764. The van der Waals surface area contributed by atoms with Gasteiger partial charge in [0, 0.05) is 17.8 Å². The first kappa shape index (κ1) is 14.1. The summed E-state index contributed by atoms with van der Waals surface area (Å²) >= 11 is 0. The van der Waals surface area contributed by atoms with Gasteiger partial charge in [-0.2, -0.15) is 0 Å². The SMILES string of the molecule is CCCCCCCCN1C(=O)C(N)c2ccccc21. The Morgan fingerprint density at radius 2 is 1.79 bits per heavy atom. The Balaban J connectivity index is 1.85. The van der Waals surface area contributed by atoms with Gasteiger partial charge >= 0.3 is 0 Å². The molecule has 19 heavy (non-hydrogen) atoms. The van der Waals surface area contributed by atoms with Crippen molar-refractivity contribution in [3.05, 3.63) is 29.8 Å². The van der Waals surface area contributed by atoms with Crippen molar-refractivity contribution in [1.82, 2.24) is 0 Å². The second kappa shape index (κ2) is 6.71. The van der Waals surface area contributed by atoms with E-state index in [1.807, 2.05) is 29.2 Å². The van der Waals surface area contributed by atoms with Gasteiger partial charge < -0.3 is 10.6 Å². The lowest BCUT2D eigenvalue weighted by molar-refractivity contribution is -0.119. The number of amides is 1. The molecule has 1 aromatic carbocycles. The molecule has 0 radical (unpaired) electrons. The van der Waals surface area contributed by atoms with E-state index in [0.29, 0.717) is 0 Å². The fourth-order valence-corrected chi connectivity index (χ4v) is 2.70. The van der Waals surface area contributed by atoms with Crippen LogP contribution in [0.5, 0.6) is 0 Å². The van der Waals surface area contributed by atoms with Gasteiger partial charge in [-0.15, -0.1) is 0 Å². The van der Waals surface area contributed by atoms with Crippen LogP contribution in [0.2, 0.25) is 0 Å². The fraction of sp³-hybridized carbons (Fsp3) is 0.562. The molecule has 2 N–H and O–H groups in total. The molecule has 1 unspecified atom stereocenters. The maximum atomic E-state index is 12.1. The number of unbranched alkanes of at least 4 members (excludes halogenated alkanes) is 5. The standard InChI is InChI=1S/C16H24N2O/c1-2-3-4-5-6-9-12-18-14-11-8-7-10-13(14)15(17)16(18)19/h7-8,10-11,15H,2-6,9,12,17H2,1H3. The average molecular weight is 260 g/mol. The number of carbonyl (C=O) groups is 1. The predicted octanol–water partition coefficient (Wildman–Crippen LogP) is 3.39. The third kappa shape index (κ3) is 3.16. The van der Waals surface area contributed by atoms with Crippen LogP contribution in [0.3, 0.4) is 0 Å². The first-order valence-corrected chi connectivity index (χ1v) is 7.41. The van der Waals surface area contributed by atoms with Gasteiger partial charge in [-0.25, -0.2) is 0 Å². The Morgan fingerprint density at radius 1 is 1.11 bits per heavy atom. The van der Waals surface area contributed by atoms with Crippen molar-refractivity contribution < 1.29 is 4.79 Å². The number of para-hydroxylation sites is 1. The molecule has 1 aliphatic heterocycles. The average Bonchev–Trinajstić information content (AvgIpc) is 2.68. The summed E-state index contributed by atoms with van der Waals surface area (Å²) in [4.78, 5) is 14.0. The molecule has 0 bridgehead atoms. The molecule has 0 aromatic heterocycles. The Bertz CT molecular complexity index is 431. The number of nitrogens with two attached hydrogens (primary N) is 1. The zero-order chi connectivity index (χ0) is 13.7. The van der Waals surface area contributed by atoms with Crippen molar-refractivity contribution in [3.63, 3.8) is 0 Å². The normalized spacial score (nSPS) is 17.9. The highest BCUT2D eigenvalue weighted by molar-refractivity contribution is 6.04. The van der Waals surface area contributed by atoms with Crippen LogP contribution in [0.15, 0.2) is 24.3 Å². The number of benzene rings is 1. The molecule has 0 saturated carbocycles. The minimum Gasteiger partial charge on any atom is -0.316 e. The molecule has 104 valence electrons. The molecule has 3 nitrogen and oxygen atoms in total. The van der Waals surface area contributed by atoms with E-state index in [0.717, 1.165) is 24.2 Å². The summed E-state index contributed by atoms with van der Waals surface area (Å²) in [6.07, 6.45) is 7.42. The number of carbonyl (C=O) groups excluding carboxylic acids is 1. The lowest BCUT2D eigenvalue weighted by atomic mass is 10.1. The smallest absolute Gasteiger partial charge is 0.248 e. The van der Waals surface area contributed by atoms with E-state index < -0.39 is 6.04 Å². The van der Waals surface area contributed by atoms with E-state index in [1.54, 1.807) is 0 Å². The molecule has 0 saturated heterocycles. The summed E-state index contributed by atoms with van der Waals surface area (Å²) in [6, 6.07) is 7.41. The first-order valence-electron chi connectivity index (χ1n) is 7.41. The lowest BCUT2D eigenvalue weighted by Gasteiger charge is -2.17. The zero-order valence-electron chi connectivity index (χ0n) is 11.8. The lowest BCUT2D eigenvalue weighted by Crippen LogP contribution is -2.32. The molecule has 2 rings (SSSR count). The molecule has 1 aliphatic rings. The number of hydrogen-bond donors (Lipinski definition) is 1. The third-order valence-corrected chi connectivity index (χ3v) is 3.83. The maximum Gasteiger partial charge on any atom is 0.248 e. The van der Waals surface area contributed by atoms with Gasteiger partial charge in [0.15, 0.2) is 0 Å². The predicted molar refractivity (Wildman–Crippen MR) is 79.1 cm³/mol. The molecular weight excluding hydrogens is 236 g/mol. The second-order valence-electron chi connectivity index (χ2n) is 5.29. The topological polar surface area (TPSA) is 46.3 Å². The number of anilines is 1. The van der Waals surface area contributed by atoms with Gasteiger partial charge in [0.1, 0.15) is 6.04 Å². The monoisotopic (exact) mass is 260 g/mol. The Hall–Kier alpha value is -1.35. The molecule has 0 fully saturated rings. The summed E-state index contributed by atoms with van der Waals surface area (Å²) in [6.45, 7) is 3.02. The van der Waals surface area contributed by atoms with Crippen LogP contribution in [0.25, 0.3) is 0 Å². The van der Waals surface area contributed by atoms with E-state index >= 15 is 0 Å². The van der Waals surface area contributed by atoms with Crippen molar-refractivity contribution >= 4 is 11.6 Å². The maximum absolute atomic E-state index is 12.1. The number of fused-ring (bicyclic) bond motifs is 1. The number of hydrogen-bond acceptors (Lipinski definition) is 2. The molecule has 3 heteroatoms. The molecule has 1 amide bonds. The summed E-state index contributed by atoms with van der Waals surface area (Å²) < 4.78 is 0. The van der Waals surface area contributed by atoms with E-state index in [9.17, 15) is 4.79 Å². The van der Waals surface area contributed by atoms with E-state index in [-0.39, 0.29) is 5.91 Å². The third-order valence-electron chi connectivity index (χ3n) is 3.83. The van der Waals surface area contributed by atoms with Gasteiger partial charge in [-0.3, -0.25) is 4.79 Å². The number of rotatable bonds is 7. The molecular formula is C16H24N2O.